The summed E-state index contributed by atoms with van der Waals surface area (Å²) in [6.45, 7) is 8.80. The number of anilines is 1. The maximum absolute atomic E-state index is 12.4. The molecule has 1 N–H and O–H groups in total. The Morgan fingerprint density at radius 1 is 1.14 bits per heavy atom. The summed E-state index contributed by atoms with van der Waals surface area (Å²) >= 11 is 0. The van der Waals surface area contributed by atoms with Gasteiger partial charge in [0.15, 0.2) is 0 Å². The predicted molar refractivity (Wildman–Crippen MR) is 83.5 cm³/mol. The third-order valence-corrected chi connectivity index (χ3v) is 3.57. The standard InChI is InChI=1S/C15H23N5O2/c1-11(2)8-17-14-10-16-13(9-18-14)15(22)20-6-4-19(5-7-20)12(3)21/h9-11H,4-8H2,1-3H3,(H,17,18). The number of amides is 2. The molecule has 0 radical (unpaired) electrons. The Bertz CT molecular complexity index is 521. The van der Waals surface area contributed by atoms with Gasteiger partial charge in [-0.15, -0.1) is 0 Å². The number of carbonyl (C=O) groups is 2. The molecule has 1 aliphatic heterocycles. The van der Waals surface area contributed by atoms with E-state index in [1.165, 1.54) is 6.20 Å². The lowest BCUT2D eigenvalue weighted by Crippen LogP contribution is -2.50. The van der Waals surface area contributed by atoms with E-state index in [2.05, 4.69) is 29.1 Å². The first-order valence-corrected chi connectivity index (χ1v) is 7.58. The Labute approximate surface area is 130 Å². The highest BCUT2D eigenvalue weighted by molar-refractivity contribution is 5.92. The Kier molecular flexibility index (Phi) is 5.30. The molecule has 1 aromatic heterocycles. The second-order valence-electron chi connectivity index (χ2n) is 5.86. The third kappa shape index (κ3) is 4.16. The molecule has 1 fully saturated rings. The highest BCUT2D eigenvalue weighted by Crippen LogP contribution is 2.08. The lowest BCUT2D eigenvalue weighted by molar-refractivity contribution is -0.130. The van der Waals surface area contributed by atoms with Crippen LogP contribution in [0.1, 0.15) is 31.3 Å². The minimum atomic E-state index is -0.133. The monoisotopic (exact) mass is 305 g/mol. The Hall–Kier alpha value is -2.18. The van der Waals surface area contributed by atoms with Crippen LogP contribution in [-0.2, 0) is 4.79 Å². The van der Waals surface area contributed by atoms with Crippen LogP contribution in [0.3, 0.4) is 0 Å². The summed E-state index contributed by atoms with van der Waals surface area (Å²) < 4.78 is 0. The molecule has 0 unspecified atom stereocenters. The SMILES string of the molecule is CC(=O)N1CCN(C(=O)c2cnc(NCC(C)C)cn2)CC1. The van der Waals surface area contributed by atoms with E-state index in [1.54, 1.807) is 22.9 Å². The molecule has 2 rings (SSSR count). The quantitative estimate of drug-likeness (QED) is 0.892. The second-order valence-corrected chi connectivity index (χ2v) is 5.86. The number of rotatable bonds is 4. The summed E-state index contributed by atoms with van der Waals surface area (Å²) in [5.41, 5.74) is 0.339. The van der Waals surface area contributed by atoms with Gasteiger partial charge < -0.3 is 15.1 Å². The van der Waals surface area contributed by atoms with Gasteiger partial charge in [-0.25, -0.2) is 9.97 Å². The zero-order valence-corrected chi connectivity index (χ0v) is 13.4. The molecule has 0 aromatic carbocycles. The molecule has 2 amide bonds. The summed E-state index contributed by atoms with van der Waals surface area (Å²) in [6.07, 6.45) is 3.09. The van der Waals surface area contributed by atoms with Crippen molar-refractivity contribution >= 4 is 17.6 Å². The highest BCUT2D eigenvalue weighted by atomic mass is 16.2. The molecule has 0 aliphatic carbocycles. The fourth-order valence-electron chi connectivity index (χ4n) is 2.22. The predicted octanol–water partition coefficient (Wildman–Crippen LogP) is 0.849. The van der Waals surface area contributed by atoms with Crippen molar-refractivity contribution in [1.29, 1.82) is 0 Å². The van der Waals surface area contributed by atoms with Crippen molar-refractivity contribution in [3.63, 3.8) is 0 Å². The highest BCUT2D eigenvalue weighted by Gasteiger charge is 2.24. The van der Waals surface area contributed by atoms with Crippen molar-refractivity contribution in [2.24, 2.45) is 5.92 Å². The van der Waals surface area contributed by atoms with Gasteiger partial charge in [0.05, 0.1) is 12.4 Å². The summed E-state index contributed by atoms with van der Waals surface area (Å²) in [4.78, 5) is 35.5. The summed E-state index contributed by atoms with van der Waals surface area (Å²) in [7, 11) is 0. The van der Waals surface area contributed by atoms with Gasteiger partial charge in [-0.2, -0.15) is 0 Å². The van der Waals surface area contributed by atoms with Crippen LogP contribution >= 0.6 is 0 Å². The minimum Gasteiger partial charge on any atom is -0.369 e. The topological polar surface area (TPSA) is 78.4 Å². The average Bonchev–Trinajstić information content (AvgIpc) is 2.53. The molecule has 0 spiro atoms. The van der Waals surface area contributed by atoms with Crippen molar-refractivity contribution < 1.29 is 9.59 Å². The molecule has 0 bridgehead atoms. The van der Waals surface area contributed by atoms with E-state index in [4.69, 9.17) is 0 Å². The third-order valence-electron chi connectivity index (χ3n) is 3.57. The van der Waals surface area contributed by atoms with E-state index >= 15 is 0 Å². The van der Waals surface area contributed by atoms with Crippen molar-refractivity contribution in [2.45, 2.75) is 20.8 Å². The van der Waals surface area contributed by atoms with E-state index in [0.717, 1.165) is 6.54 Å². The van der Waals surface area contributed by atoms with Gasteiger partial charge >= 0.3 is 0 Å². The van der Waals surface area contributed by atoms with Crippen LogP contribution in [0.2, 0.25) is 0 Å². The zero-order chi connectivity index (χ0) is 16.1. The van der Waals surface area contributed by atoms with Crippen LogP contribution in [-0.4, -0.2) is 64.3 Å². The molecule has 120 valence electrons. The lowest BCUT2D eigenvalue weighted by atomic mass is 10.2. The maximum Gasteiger partial charge on any atom is 0.274 e. The van der Waals surface area contributed by atoms with Crippen LogP contribution in [0.4, 0.5) is 5.82 Å². The van der Waals surface area contributed by atoms with Crippen LogP contribution in [0.5, 0.6) is 0 Å². The van der Waals surface area contributed by atoms with Gasteiger partial charge in [-0.05, 0) is 5.92 Å². The number of nitrogens with zero attached hydrogens (tertiary/aromatic N) is 4. The van der Waals surface area contributed by atoms with Gasteiger partial charge in [0, 0.05) is 39.6 Å². The summed E-state index contributed by atoms with van der Waals surface area (Å²) in [5, 5.41) is 3.17. The first-order chi connectivity index (χ1) is 10.5. The van der Waals surface area contributed by atoms with E-state index in [9.17, 15) is 9.59 Å². The van der Waals surface area contributed by atoms with Gasteiger partial charge in [-0.1, -0.05) is 13.8 Å². The Morgan fingerprint density at radius 3 is 2.27 bits per heavy atom. The van der Waals surface area contributed by atoms with Crippen molar-refractivity contribution in [3.05, 3.63) is 18.1 Å². The second kappa shape index (κ2) is 7.20. The molecular formula is C15H23N5O2. The number of nitrogens with one attached hydrogen (secondary N) is 1. The number of hydrogen-bond donors (Lipinski definition) is 1. The largest absolute Gasteiger partial charge is 0.369 e. The van der Waals surface area contributed by atoms with E-state index < -0.39 is 0 Å². The number of aromatic nitrogens is 2. The lowest BCUT2D eigenvalue weighted by Gasteiger charge is -2.33. The number of carbonyl (C=O) groups excluding carboxylic acids is 2. The average molecular weight is 305 g/mol. The molecule has 1 aliphatic rings. The number of piperazine rings is 1. The molecule has 7 nitrogen and oxygen atoms in total. The maximum atomic E-state index is 12.4. The number of hydrogen-bond acceptors (Lipinski definition) is 5. The van der Waals surface area contributed by atoms with Crippen molar-refractivity contribution in [2.75, 3.05) is 38.0 Å². The molecule has 0 saturated carbocycles. The van der Waals surface area contributed by atoms with Crippen molar-refractivity contribution in [1.82, 2.24) is 19.8 Å². The fourth-order valence-corrected chi connectivity index (χ4v) is 2.22. The molecule has 2 heterocycles. The van der Waals surface area contributed by atoms with E-state index in [0.29, 0.717) is 43.6 Å². The molecule has 22 heavy (non-hydrogen) atoms. The van der Waals surface area contributed by atoms with E-state index in [1.807, 2.05) is 0 Å². The summed E-state index contributed by atoms with van der Waals surface area (Å²) in [5.74, 6) is 1.10. The van der Waals surface area contributed by atoms with Crippen LogP contribution in [0, 0.1) is 5.92 Å². The first kappa shape index (κ1) is 16.2. The fraction of sp³-hybridized carbons (Fsp3) is 0.600. The molecule has 1 saturated heterocycles. The van der Waals surface area contributed by atoms with Gasteiger partial charge in [0.1, 0.15) is 11.5 Å². The van der Waals surface area contributed by atoms with E-state index in [-0.39, 0.29) is 11.8 Å². The van der Waals surface area contributed by atoms with Gasteiger partial charge in [-0.3, -0.25) is 9.59 Å². The first-order valence-electron chi connectivity index (χ1n) is 7.58. The van der Waals surface area contributed by atoms with Crippen LogP contribution in [0.25, 0.3) is 0 Å². The smallest absolute Gasteiger partial charge is 0.274 e. The minimum absolute atomic E-state index is 0.0486. The van der Waals surface area contributed by atoms with Crippen LogP contribution in [0.15, 0.2) is 12.4 Å². The molecular weight excluding hydrogens is 282 g/mol. The summed E-state index contributed by atoms with van der Waals surface area (Å²) in [6, 6.07) is 0. The Balaban J connectivity index is 1.91. The van der Waals surface area contributed by atoms with Crippen LogP contribution < -0.4 is 5.32 Å². The van der Waals surface area contributed by atoms with Crippen molar-refractivity contribution in [3.8, 4) is 0 Å². The Morgan fingerprint density at radius 2 is 1.77 bits per heavy atom. The zero-order valence-electron chi connectivity index (χ0n) is 13.4. The normalized spacial score (nSPS) is 15.1. The van der Waals surface area contributed by atoms with Gasteiger partial charge in [0.25, 0.3) is 5.91 Å². The van der Waals surface area contributed by atoms with Gasteiger partial charge in [0.2, 0.25) is 5.91 Å². The molecule has 0 atom stereocenters. The molecule has 1 aromatic rings. The molecule has 7 heteroatoms.